The Bertz CT molecular complexity index is 834. The van der Waals surface area contributed by atoms with Crippen molar-refractivity contribution in [2.24, 2.45) is 0 Å². The predicted octanol–water partition coefficient (Wildman–Crippen LogP) is 4.55. The molecule has 1 aromatic heterocycles. The Morgan fingerprint density at radius 3 is 2.55 bits per heavy atom. The molecule has 0 unspecified atom stereocenters. The maximum atomic E-state index is 12.7. The lowest BCUT2D eigenvalue weighted by Gasteiger charge is -2.05. The van der Waals surface area contributed by atoms with Crippen molar-refractivity contribution in [2.75, 3.05) is 7.11 Å². The third kappa shape index (κ3) is 2.48. The summed E-state index contributed by atoms with van der Waals surface area (Å²) in [6.45, 7) is 2.07. The minimum absolute atomic E-state index is 0.0634. The molecule has 112 valence electrons. The largest absolute Gasteiger partial charge is 0.497 e. The lowest BCUT2D eigenvalue weighted by Crippen LogP contribution is -2.10. The molecule has 0 saturated carbocycles. The maximum Gasteiger partial charge on any atom is 0.262 e. The summed E-state index contributed by atoms with van der Waals surface area (Å²) < 4.78 is 6.97. The van der Waals surface area contributed by atoms with E-state index in [0.717, 1.165) is 28.6 Å². The zero-order valence-electron chi connectivity index (χ0n) is 12.5. The van der Waals surface area contributed by atoms with Gasteiger partial charge >= 0.3 is 0 Å². The fourth-order valence-corrected chi connectivity index (χ4v) is 2.71. The van der Waals surface area contributed by atoms with Gasteiger partial charge in [-0.25, -0.2) is 0 Å². The van der Waals surface area contributed by atoms with Gasteiger partial charge in [0.1, 0.15) is 5.75 Å². The van der Waals surface area contributed by atoms with E-state index in [1.54, 1.807) is 35.9 Å². The number of rotatable bonds is 3. The van der Waals surface area contributed by atoms with Gasteiger partial charge in [0, 0.05) is 22.2 Å². The Kier molecular flexibility index (Phi) is 3.90. The van der Waals surface area contributed by atoms with E-state index < -0.39 is 0 Å². The minimum Gasteiger partial charge on any atom is -0.497 e. The summed E-state index contributed by atoms with van der Waals surface area (Å²) >= 11 is 5.89. The van der Waals surface area contributed by atoms with Crippen LogP contribution in [0.4, 0.5) is 0 Å². The maximum absolute atomic E-state index is 12.7. The quantitative estimate of drug-likeness (QED) is 0.710. The van der Waals surface area contributed by atoms with Gasteiger partial charge in [-0.3, -0.25) is 9.36 Å². The van der Waals surface area contributed by atoms with E-state index in [0.29, 0.717) is 10.6 Å². The van der Waals surface area contributed by atoms with Crippen LogP contribution in [0, 0.1) is 0 Å². The molecular formula is C18H16ClNO2. The summed E-state index contributed by atoms with van der Waals surface area (Å²) in [7, 11) is 1.64. The van der Waals surface area contributed by atoms with Gasteiger partial charge in [-0.1, -0.05) is 18.5 Å². The number of hydrogen-bond donors (Lipinski definition) is 0. The number of halogens is 1. The molecule has 0 spiro atoms. The number of carbonyl (C=O) groups excluding carboxylic acids is 1. The number of ether oxygens (including phenoxy) is 1. The van der Waals surface area contributed by atoms with E-state index in [-0.39, 0.29) is 5.91 Å². The highest BCUT2D eigenvalue weighted by Gasteiger charge is 2.15. The Morgan fingerprint density at radius 2 is 1.91 bits per heavy atom. The van der Waals surface area contributed by atoms with E-state index >= 15 is 0 Å². The molecule has 2 aromatic carbocycles. The van der Waals surface area contributed by atoms with Crippen LogP contribution >= 0.6 is 11.6 Å². The van der Waals surface area contributed by atoms with Crippen molar-refractivity contribution >= 4 is 28.4 Å². The first kappa shape index (κ1) is 14.7. The molecule has 0 aliphatic rings. The van der Waals surface area contributed by atoms with Crippen LogP contribution in [0.5, 0.6) is 5.75 Å². The number of fused-ring (bicyclic) bond motifs is 1. The summed E-state index contributed by atoms with van der Waals surface area (Å²) in [6.07, 6.45) is 2.76. The summed E-state index contributed by atoms with van der Waals surface area (Å²) in [4.78, 5) is 12.7. The van der Waals surface area contributed by atoms with Gasteiger partial charge < -0.3 is 4.74 Å². The molecule has 0 radical (unpaired) electrons. The van der Waals surface area contributed by atoms with Crippen molar-refractivity contribution < 1.29 is 9.53 Å². The third-order valence-corrected chi connectivity index (χ3v) is 4.04. The number of carbonyl (C=O) groups is 1. The van der Waals surface area contributed by atoms with E-state index in [1.165, 1.54) is 0 Å². The van der Waals surface area contributed by atoms with Crippen LogP contribution in [0.2, 0.25) is 5.02 Å². The minimum atomic E-state index is -0.0634. The molecule has 0 fully saturated rings. The van der Waals surface area contributed by atoms with Crippen molar-refractivity contribution in [3.05, 3.63) is 64.8 Å². The van der Waals surface area contributed by atoms with Crippen LogP contribution in [0.1, 0.15) is 22.8 Å². The summed E-state index contributed by atoms with van der Waals surface area (Å²) in [5, 5.41) is 1.66. The monoisotopic (exact) mass is 313 g/mol. The molecule has 0 saturated heterocycles. The molecule has 0 amide bonds. The van der Waals surface area contributed by atoms with Gasteiger partial charge in [-0.2, -0.15) is 0 Å². The summed E-state index contributed by atoms with van der Waals surface area (Å²) in [5.74, 6) is 0.727. The summed E-state index contributed by atoms with van der Waals surface area (Å²) in [5.41, 5.74) is 2.62. The fraction of sp³-hybridized carbons (Fsp3) is 0.167. The average molecular weight is 314 g/mol. The Labute approximate surface area is 134 Å². The second kappa shape index (κ2) is 5.85. The number of hydrogen-bond acceptors (Lipinski definition) is 2. The van der Waals surface area contributed by atoms with E-state index in [2.05, 4.69) is 6.92 Å². The van der Waals surface area contributed by atoms with Gasteiger partial charge in [-0.05, 0) is 54.4 Å². The van der Waals surface area contributed by atoms with Crippen LogP contribution in [0.3, 0.4) is 0 Å². The van der Waals surface area contributed by atoms with E-state index in [9.17, 15) is 4.79 Å². The number of aryl methyl sites for hydroxylation is 1. The Morgan fingerprint density at radius 1 is 1.18 bits per heavy atom. The van der Waals surface area contributed by atoms with Crippen molar-refractivity contribution in [2.45, 2.75) is 13.3 Å². The highest BCUT2D eigenvalue weighted by atomic mass is 35.5. The van der Waals surface area contributed by atoms with Crippen LogP contribution in [-0.4, -0.2) is 17.6 Å². The highest BCUT2D eigenvalue weighted by molar-refractivity contribution is 6.30. The first-order valence-electron chi connectivity index (χ1n) is 7.12. The fourth-order valence-electron chi connectivity index (χ4n) is 2.59. The van der Waals surface area contributed by atoms with Crippen LogP contribution in [0.15, 0.2) is 48.7 Å². The normalized spacial score (nSPS) is 10.9. The Balaban J connectivity index is 2.14. The van der Waals surface area contributed by atoms with Gasteiger partial charge in [-0.15, -0.1) is 0 Å². The molecule has 1 heterocycles. The summed E-state index contributed by atoms with van der Waals surface area (Å²) in [6, 6.07) is 12.7. The second-order valence-corrected chi connectivity index (χ2v) is 5.51. The molecule has 0 atom stereocenters. The van der Waals surface area contributed by atoms with Gasteiger partial charge in [0.25, 0.3) is 5.91 Å². The standard InChI is InChI=1S/C18H16ClNO2/c1-3-12-11-20(17-9-8-15(22-2)10-16(12)17)18(21)13-4-6-14(19)7-5-13/h4-11H,3H2,1-2H3. The van der Waals surface area contributed by atoms with Crippen molar-refractivity contribution in [3.63, 3.8) is 0 Å². The number of aromatic nitrogens is 1. The molecule has 0 aliphatic heterocycles. The van der Waals surface area contributed by atoms with Gasteiger partial charge in [0.05, 0.1) is 12.6 Å². The smallest absolute Gasteiger partial charge is 0.262 e. The molecular weight excluding hydrogens is 298 g/mol. The van der Waals surface area contributed by atoms with E-state index in [1.807, 2.05) is 24.4 Å². The SMILES string of the molecule is CCc1cn(C(=O)c2ccc(Cl)cc2)c2ccc(OC)cc12. The van der Waals surface area contributed by atoms with Crippen molar-refractivity contribution in [3.8, 4) is 5.75 Å². The van der Waals surface area contributed by atoms with Crippen molar-refractivity contribution in [1.82, 2.24) is 4.57 Å². The molecule has 3 nitrogen and oxygen atoms in total. The van der Waals surface area contributed by atoms with Gasteiger partial charge in [0.15, 0.2) is 0 Å². The zero-order chi connectivity index (χ0) is 15.7. The van der Waals surface area contributed by atoms with Crippen molar-refractivity contribution in [1.29, 1.82) is 0 Å². The van der Waals surface area contributed by atoms with E-state index in [4.69, 9.17) is 16.3 Å². The number of benzene rings is 2. The topological polar surface area (TPSA) is 31.2 Å². The first-order chi connectivity index (χ1) is 10.6. The third-order valence-electron chi connectivity index (χ3n) is 3.79. The highest BCUT2D eigenvalue weighted by Crippen LogP contribution is 2.27. The molecule has 0 aliphatic carbocycles. The predicted molar refractivity (Wildman–Crippen MR) is 89.0 cm³/mol. The van der Waals surface area contributed by atoms with Crippen LogP contribution in [-0.2, 0) is 6.42 Å². The van der Waals surface area contributed by atoms with Gasteiger partial charge in [0.2, 0.25) is 0 Å². The number of methoxy groups -OCH3 is 1. The molecule has 3 rings (SSSR count). The molecule has 4 heteroatoms. The molecule has 22 heavy (non-hydrogen) atoms. The number of nitrogens with zero attached hydrogens (tertiary/aromatic N) is 1. The zero-order valence-corrected chi connectivity index (χ0v) is 13.2. The Hall–Kier alpha value is -2.26. The van der Waals surface area contributed by atoms with Crippen LogP contribution in [0.25, 0.3) is 10.9 Å². The molecule has 0 N–H and O–H groups in total. The van der Waals surface area contributed by atoms with Crippen LogP contribution < -0.4 is 4.74 Å². The first-order valence-corrected chi connectivity index (χ1v) is 7.50. The molecule has 0 bridgehead atoms. The lowest BCUT2D eigenvalue weighted by atomic mass is 10.1. The lowest BCUT2D eigenvalue weighted by molar-refractivity contribution is 0.0965. The molecule has 3 aromatic rings. The second-order valence-electron chi connectivity index (χ2n) is 5.07. The average Bonchev–Trinajstić information content (AvgIpc) is 2.92.